The van der Waals surface area contributed by atoms with Gasteiger partial charge in [-0.05, 0) is 40.0 Å². The molecule has 1 aliphatic heterocycles. The summed E-state index contributed by atoms with van der Waals surface area (Å²) in [6.45, 7) is 6.23. The smallest absolute Gasteiger partial charge is 0.326 e. The van der Waals surface area contributed by atoms with Crippen LogP contribution in [0.15, 0.2) is 0 Å². The average Bonchev–Trinajstić information content (AvgIpc) is 2.43. The number of carbonyl (C=O) groups excluding carboxylic acids is 2. The van der Waals surface area contributed by atoms with Crippen LogP contribution in [0.1, 0.15) is 40.0 Å². The Labute approximate surface area is 125 Å². The summed E-state index contributed by atoms with van der Waals surface area (Å²) in [6.07, 6.45) is 2.07. The summed E-state index contributed by atoms with van der Waals surface area (Å²) in [4.78, 5) is 38.3. The highest BCUT2D eigenvalue weighted by molar-refractivity contribution is 5.87. The van der Waals surface area contributed by atoms with Crippen molar-refractivity contribution < 1.29 is 19.5 Å². The number of carboxylic acid groups (broad SMARTS) is 1. The molecule has 7 heteroatoms. The molecule has 0 aromatic heterocycles. The van der Waals surface area contributed by atoms with E-state index in [0.29, 0.717) is 19.5 Å². The first-order valence-corrected chi connectivity index (χ1v) is 7.44. The van der Waals surface area contributed by atoms with Crippen LogP contribution in [0, 0.1) is 0 Å². The Balaban J connectivity index is 2.72. The first kappa shape index (κ1) is 17.3. The van der Waals surface area contributed by atoms with Crippen molar-refractivity contribution in [2.45, 2.75) is 52.1 Å². The standard InChI is InChI=1S/C14H25N3O4/c1-4-16(9-12(18)15-10(2)3)14(21)17-8-6-5-7-11(17)13(19)20/h10-11H,4-9H2,1-3H3,(H,15,18)(H,19,20). The molecule has 1 atom stereocenters. The second-order valence-corrected chi connectivity index (χ2v) is 5.56. The summed E-state index contributed by atoms with van der Waals surface area (Å²) >= 11 is 0. The number of nitrogens with one attached hydrogen (secondary N) is 1. The van der Waals surface area contributed by atoms with Crippen LogP contribution in [0.4, 0.5) is 4.79 Å². The Morgan fingerprint density at radius 1 is 1.33 bits per heavy atom. The van der Waals surface area contributed by atoms with E-state index in [1.807, 2.05) is 13.8 Å². The van der Waals surface area contributed by atoms with Gasteiger partial charge in [0.05, 0.1) is 0 Å². The number of aliphatic carboxylic acids is 1. The van der Waals surface area contributed by atoms with Gasteiger partial charge in [-0.15, -0.1) is 0 Å². The van der Waals surface area contributed by atoms with E-state index in [1.54, 1.807) is 6.92 Å². The predicted molar refractivity (Wildman–Crippen MR) is 77.9 cm³/mol. The first-order valence-electron chi connectivity index (χ1n) is 7.44. The summed E-state index contributed by atoms with van der Waals surface area (Å²) in [5, 5.41) is 12.0. The number of likely N-dealkylation sites (tertiary alicyclic amines) is 1. The number of hydrogen-bond donors (Lipinski definition) is 2. The molecule has 120 valence electrons. The monoisotopic (exact) mass is 299 g/mol. The average molecular weight is 299 g/mol. The maximum Gasteiger partial charge on any atom is 0.326 e. The van der Waals surface area contributed by atoms with Crippen LogP contribution in [0.3, 0.4) is 0 Å². The van der Waals surface area contributed by atoms with Crippen LogP contribution in [-0.4, -0.2) is 64.5 Å². The second kappa shape index (κ2) is 7.85. The van der Waals surface area contributed by atoms with E-state index < -0.39 is 12.0 Å². The molecule has 2 N–H and O–H groups in total. The molecule has 1 heterocycles. The molecule has 7 nitrogen and oxygen atoms in total. The SMILES string of the molecule is CCN(CC(=O)NC(C)C)C(=O)N1CCCCC1C(=O)O. The molecule has 0 bridgehead atoms. The lowest BCUT2D eigenvalue weighted by Gasteiger charge is -2.36. The third-order valence-electron chi connectivity index (χ3n) is 3.47. The predicted octanol–water partition coefficient (Wildman–Crippen LogP) is 0.892. The van der Waals surface area contributed by atoms with Crippen molar-refractivity contribution in [1.82, 2.24) is 15.1 Å². The summed E-state index contributed by atoms with van der Waals surface area (Å²) in [7, 11) is 0. The molecule has 0 aliphatic carbocycles. The second-order valence-electron chi connectivity index (χ2n) is 5.56. The number of likely N-dealkylation sites (N-methyl/N-ethyl adjacent to an activating group) is 1. The molecule has 0 saturated carbocycles. The lowest BCUT2D eigenvalue weighted by Crippen LogP contribution is -2.54. The van der Waals surface area contributed by atoms with E-state index in [1.165, 1.54) is 9.80 Å². The summed E-state index contributed by atoms with van der Waals surface area (Å²) in [5.74, 6) is -1.21. The van der Waals surface area contributed by atoms with Gasteiger partial charge < -0.3 is 20.2 Å². The third-order valence-corrected chi connectivity index (χ3v) is 3.47. The number of amides is 3. The van der Waals surface area contributed by atoms with Gasteiger partial charge >= 0.3 is 12.0 Å². The number of hydrogen-bond acceptors (Lipinski definition) is 3. The zero-order valence-corrected chi connectivity index (χ0v) is 13.0. The highest BCUT2D eigenvalue weighted by Crippen LogP contribution is 2.19. The maximum atomic E-state index is 12.5. The van der Waals surface area contributed by atoms with Gasteiger partial charge in [0.25, 0.3) is 0 Å². The number of piperidine rings is 1. The Morgan fingerprint density at radius 3 is 2.52 bits per heavy atom. The molecular weight excluding hydrogens is 274 g/mol. The highest BCUT2D eigenvalue weighted by Gasteiger charge is 2.34. The van der Waals surface area contributed by atoms with E-state index in [-0.39, 0.29) is 24.5 Å². The number of rotatable bonds is 5. The van der Waals surface area contributed by atoms with Crippen molar-refractivity contribution in [3.05, 3.63) is 0 Å². The number of carboxylic acids is 1. The van der Waals surface area contributed by atoms with E-state index in [2.05, 4.69) is 5.32 Å². The molecule has 21 heavy (non-hydrogen) atoms. The number of nitrogens with zero attached hydrogens (tertiary/aromatic N) is 2. The number of urea groups is 1. The zero-order valence-electron chi connectivity index (χ0n) is 13.0. The normalized spacial score (nSPS) is 18.5. The van der Waals surface area contributed by atoms with Crippen molar-refractivity contribution in [1.29, 1.82) is 0 Å². The molecule has 0 aromatic rings. The molecule has 1 unspecified atom stereocenters. The van der Waals surface area contributed by atoms with Crippen molar-refractivity contribution in [2.24, 2.45) is 0 Å². The van der Waals surface area contributed by atoms with Crippen molar-refractivity contribution in [3.63, 3.8) is 0 Å². The molecule has 0 aromatic carbocycles. The van der Waals surface area contributed by atoms with Crippen LogP contribution in [0.5, 0.6) is 0 Å². The fourth-order valence-corrected chi connectivity index (χ4v) is 2.45. The Bertz CT molecular complexity index is 398. The van der Waals surface area contributed by atoms with E-state index in [0.717, 1.165) is 12.8 Å². The quantitative estimate of drug-likeness (QED) is 0.789. The van der Waals surface area contributed by atoms with Crippen LogP contribution < -0.4 is 5.32 Å². The van der Waals surface area contributed by atoms with Gasteiger partial charge in [-0.25, -0.2) is 9.59 Å². The van der Waals surface area contributed by atoms with Crippen LogP contribution in [0.25, 0.3) is 0 Å². The minimum atomic E-state index is -0.981. The molecule has 0 spiro atoms. The van der Waals surface area contributed by atoms with Crippen molar-refractivity contribution in [2.75, 3.05) is 19.6 Å². The van der Waals surface area contributed by atoms with Gasteiger partial charge in [0.1, 0.15) is 12.6 Å². The minimum absolute atomic E-state index is 0.00747. The summed E-state index contributed by atoms with van der Waals surface area (Å²) < 4.78 is 0. The fraction of sp³-hybridized carbons (Fsp3) is 0.786. The largest absolute Gasteiger partial charge is 0.480 e. The summed E-state index contributed by atoms with van der Waals surface area (Å²) in [5.41, 5.74) is 0. The lowest BCUT2D eigenvalue weighted by molar-refractivity contribution is -0.143. The van der Waals surface area contributed by atoms with E-state index >= 15 is 0 Å². The highest BCUT2D eigenvalue weighted by atomic mass is 16.4. The van der Waals surface area contributed by atoms with Gasteiger partial charge in [-0.3, -0.25) is 4.79 Å². The first-order chi connectivity index (χ1) is 9.86. The van der Waals surface area contributed by atoms with E-state index in [4.69, 9.17) is 0 Å². The van der Waals surface area contributed by atoms with Crippen LogP contribution in [0.2, 0.25) is 0 Å². The van der Waals surface area contributed by atoms with Crippen LogP contribution in [-0.2, 0) is 9.59 Å². The molecule has 1 aliphatic rings. The minimum Gasteiger partial charge on any atom is -0.480 e. The Kier molecular flexibility index (Phi) is 6.45. The van der Waals surface area contributed by atoms with Gasteiger partial charge in [-0.2, -0.15) is 0 Å². The molecule has 1 rings (SSSR count). The summed E-state index contributed by atoms with van der Waals surface area (Å²) in [6, 6.07) is -1.15. The fourth-order valence-electron chi connectivity index (χ4n) is 2.45. The number of carbonyl (C=O) groups is 3. The van der Waals surface area contributed by atoms with Crippen LogP contribution >= 0.6 is 0 Å². The molecule has 1 saturated heterocycles. The van der Waals surface area contributed by atoms with Gasteiger partial charge in [0.2, 0.25) is 5.91 Å². The van der Waals surface area contributed by atoms with Gasteiger partial charge in [0.15, 0.2) is 0 Å². The maximum absolute atomic E-state index is 12.5. The van der Waals surface area contributed by atoms with E-state index in [9.17, 15) is 19.5 Å². The van der Waals surface area contributed by atoms with Gasteiger partial charge in [0, 0.05) is 19.1 Å². The van der Waals surface area contributed by atoms with Gasteiger partial charge in [-0.1, -0.05) is 0 Å². The zero-order chi connectivity index (χ0) is 16.0. The Morgan fingerprint density at radius 2 is 2.00 bits per heavy atom. The third kappa shape index (κ3) is 4.91. The van der Waals surface area contributed by atoms with Crippen molar-refractivity contribution >= 4 is 17.9 Å². The van der Waals surface area contributed by atoms with Crippen molar-refractivity contribution in [3.8, 4) is 0 Å². The lowest BCUT2D eigenvalue weighted by atomic mass is 10.0. The Hall–Kier alpha value is -1.79. The molecular formula is C14H25N3O4. The molecule has 0 radical (unpaired) electrons. The topological polar surface area (TPSA) is 90.0 Å². The molecule has 1 fully saturated rings. The molecule has 3 amide bonds.